The fourth-order valence-electron chi connectivity index (χ4n) is 4.77. The van der Waals surface area contributed by atoms with Crippen LogP contribution in [0.2, 0.25) is 5.02 Å². The van der Waals surface area contributed by atoms with Gasteiger partial charge in [-0.25, -0.2) is 0 Å². The second-order valence-electron chi connectivity index (χ2n) is 9.08. The van der Waals surface area contributed by atoms with Gasteiger partial charge in [-0.3, -0.25) is 9.69 Å². The molecule has 2 heterocycles. The SMILES string of the molecule is CCOc1ccc(/C=C2\Oc3c(CN4CCN(c5cccc(Cl)c5)CC4)c(O)cc(C)c3C2=O)cc1. The Morgan fingerprint density at radius 1 is 1.08 bits per heavy atom. The third-order valence-corrected chi connectivity index (χ3v) is 6.87. The first-order valence-electron chi connectivity index (χ1n) is 12.2. The Balaban J connectivity index is 1.34. The van der Waals surface area contributed by atoms with E-state index in [0.717, 1.165) is 48.2 Å². The predicted molar refractivity (Wildman–Crippen MR) is 142 cm³/mol. The number of Topliss-reactive ketones (excluding diaryl/α,β-unsaturated/α-hetero) is 1. The van der Waals surface area contributed by atoms with E-state index in [1.54, 1.807) is 12.1 Å². The molecule has 186 valence electrons. The maximum absolute atomic E-state index is 13.2. The fourth-order valence-corrected chi connectivity index (χ4v) is 4.96. The van der Waals surface area contributed by atoms with Crippen LogP contribution in [0.5, 0.6) is 17.2 Å². The Kier molecular flexibility index (Phi) is 6.90. The lowest BCUT2D eigenvalue weighted by molar-refractivity contribution is 0.101. The molecule has 0 aliphatic carbocycles. The molecule has 0 aromatic heterocycles. The van der Waals surface area contributed by atoms with Crippen molar-refractivity contribution in [2.75, 3.05) is 37.7 Å². The van der Waals surface area contributed by atoms with Gasteiger partial charge in [0.15, 0.2) is 5.76 Å². The van der Waals surface area contributed by atoms with E-state index in [2.05, 4.69) is 15.9 Å². The summed E-state index contributed by atoms with van der Waals surface area (Å²) in [6, 6.07) is 17.1. The number of aryl methyl sites for hydroxylation is 1. The van der Waals surface area contributed by atoms with Crippen molar-refractivity contribution >= 4 is 29.1 Å². The molecule has 6 nitrogen and oxygen atoms in total. The Labute approximate surface area is 216 Å². The van der Waals surface area contributed by atoms with Gasteiger partial charge in [-0.1, -0.05) is 29.8 Å². The largest absolute Gasteiger partial charge is 0.507 e. The molecule has 5 rings (SSSR count). The number of piperazine rings is 1. The quantitative estimate of drug-likeness (QED) is 0.435. The number of phenols is 1. The van der Waals surface area contributed by atoms with Crippen molar-refractivity contribution < 1.29 is 19.4 Å². The molecule has 0 unspecified atom stereocenters. The summed E-state index contributed by atoms with van der Waals surface area (Å²) < 4.78 is 11.6. The summed E-state index contributed by atoms with van der Waals surface area (Å²) in [5, 5.41) is 11.5. The van der Waals surface area contributed by atoms with Crippen LogP contribution in [-0.2, 0) is 6.54 Å². The summed E-state index contributed by atoms with van der Waals surface area (Å²) in [6.45, 7) is 8.18. The molecule has 3 aromatic rings. The molecule has 0 radical (unpaired) electrons. The average Bonchev–Trinajstić information content (AvgIpc) is 3.19. The van der Waals surface area contributed by atoms with Crippen LogP contribution in [0.1, 0.15) is 34.0 Å². The zero-order chi connectivity index (χ0) is 25.2. The summed E-state index contributed by atoms with van der Waals surface area (Å²) in [5.41, 5.74) is 3.83. The number of hydrogen-bond acceptors (Lipinski definition) is 6. The van der Waals surface area contributed by atoms with Crippen LogP contribution in [0.3, 0.4) is 0 Å². The third kappa shape index (κ3) is 4.92. The molecular formula is C29H29ClN2O4. The normalized spacial score (nSPS) is 16.8. The number of aromatic hydroxyl groups is 1. The number of anilines is 1. The number of hydrogen-bond donors (Lipinski definition) is 1. The van der Waals surface area contributed by atoms with Gasteiger partial charge in [0, 0.05) is 43.4 Å². The summed E-state index contributed by atoms with van der Waals surface area (Å²) in [4.78, 5) is 17.8. The number of allylic oxidation sites excluding steroid dienone is 1. The van der Waals surface area contributed by atoms with E-state index in [1.165, 1.54) is 0 Å². The highest BCUT2D eigenvalue weighted by atomic mass is 35.5. The van der Waals surface area contributed by atoms with E-state index >= 15 is 0 Å². The molecule has 0 amide bonds. The molecule has 36 heavy (non-hydrogen) atoms. The van der Waals surface area contributed by atoms with Crippen LogP contribution in [0.4, 0.5) is 5.69 Å². The molecule has 2 aliphatic heterocycles. The van der Waals surface area contributed by atoms with Gasteiger partial charge >= 0.3 is 0 Å². The number of ketones is 1. The maximum Gasteiger partial charge on any atom is 0.232 e. The van der Waals surface area contributed by atoms with Gasteiger partial charge in [-0.2, -0.15) is 0 Å². The molecule has 3 aromatic carbocycles. The highest BCUT2D eigenvalue weighted by molar-refractivity contribution is 6.30. The second-order valence-corrected chi connectivity index (χ2v) is 9.52. The predicted octanol–water partition coefficient (Wildman–Crippen LogP) is 5.69. The number of phenolic OH excluding ortho intramolecular Hbond substituents is 1. The Morgan fingerprint density at radius 3 is 2.53 bits per heavy atom. The van der Waals surface area contributed by atoms with Gasteiger partial charge in [-0.05, 0) is 67.4 Å². The molecule has 0 atom stereocenters. The minimum Gasteiger partial charge on any atom is -0.507 e. The number of ether oxygens (including phenoxy) is 2. The van der Waals surface area contributed by atoms with Crippen molar-refractivity contribution in [3.8, 4) is 17.2 Å². The molecule has 1 saturated heterocycles. The van der Waals surface area contributed by atoms with Crippen LogP contribution < -0.4 is 14.4 Å². The number of nitrogens with zero attached hydrogens (tertiary/aromatic N) is 2. The summed E-state index contributed by atoms with van der Waals surface area (Å²) >= 11 is 6.16. The highest BCUT2D eigenvalue weighted by Gasteiger charge is 2.34. The number of carbonyl (C=O) groups is 1. The van der Waals surface area contributed by atoms with E-state index in [1.807, 2.05) is 56.3 Å². The molecule has 1 fully saturated rings. The van der Waals surface area contributed by atoms with E-state index in [-0.39, 0.29) is 17.3 Å². The monoisotopic (exact) mass is 504 g/mol. The van der Waals surface area contributed by atoms with Gasteiger partial charge < -0.3 is 19.5 Å². The van der Waals surface area contributed by atoms with Crippen LogP contribution in [0.25, 0.3) is 6.08 Å². The van der Waals surface area contributed by atoms with Crippen LogP contribution in [-0.4, -0.2) is 48.6 Å². The number of rotatable bonds is 6. The molecular weight excluding hydrogens is 476 g/mol. The summed E-state index contributed by atoms with van der Waals surface area (Å²) in [6.07, 6.45) is 1.74. The number of fused-ring (bicyclic) bond motifs is 1. The molecule has 2 aliphatic rings. The molecule has 7 heteroatoms. The lowest BCUT2D eigenvalue weighted by Crippen LogP contribution is -2.46. The van der Waals surface area contributed by atoms with Gasteiger partial charge in [0.25, 0.3) is 0 Å². The summed E-state index contributed by atoms with van der Waals surface area (Å²) in [5.74, 6) is 1.49. The van der Waals surface area contributed by atoms with Gasteiger partial charge in [0.1, 0.15) is 17.2 Å². The topological polar surface area (TPSA) is 62.2 Å². The first-order chi connectivity index (χ1) is 17.4. The fraction of sp³-hybridized carbons (Fsp3) is 0.276. The average molecular weight is 505 g/mol. The van der Waals surface area contributed by atoms with Gasteiger partial charge in [0.2, 0.25) is 5.78 Å². The van der Waals surface area contributed by atoms with Crippen LogP contribution >= 0.6 is 11.6 Å². The van der Waals surface area contributed by atoms with Crippen molar-refractivity contribution in [2.45, 2.75) is 20.4 Å². The van der Waals surface area contributed by atoms with E-state index in [0.29, 0.717) is 35.6 Å². The van der Waals surface area contributed by atoms with Crippen LogP contribution in [0, 0.1) is 6.92 Å². The van der Waals surface area contributed by atoms with Crippen molar-refractivity contribution in [3.05, 3.63) is 87.6 Å². The Hall–Kier alpha value is -3.48. The minimum absolute atomic E-state index is 0.152. The molecule has 1 N–H and O–H groups in total. The van der Waals surface area contributed by atoms with Crippen molar-refractivity contribution in [2.24, 2.45) is 0 Å². The first kappa shape index (κ1) is 24.2. The van der Waals surface area contributed by atoms with E-state index in [4.69, 9.17) is 21.1 Å². The van der Waals surface area contributed by atoms with Crippen molar-refractivity contribution in [1.29, 1.82) is 0 Å². The van der Waals surface area contributed by atoms with Gasteiger partial charge in [0.05, 0.1) is 17.7 Å². The van der Waals surface area contributed by atoms with E-state index in [9.17, 15) is 9.90 Å². The Morgan fingerprint density at radius 2 is 1.83 bits per heavy atom. The lowest BCUT2D eigenvalue weighted by atomic mass is 9.99. The number of benzene rings is 3. The zero-order valence-corrected chi connectivity index (χ0v) is 21.2. The van der Waals surface area contributed by atoms with Gasteiger partial charge in [-0.15, -0.1) is 0 Å². The number of halogens is 1. The lowest BCUT2D eigenvalue weighted by Gasteiger charge is -2.36. The molecule has 0 saturated carbocycles. The highest BCUT2D eigenvalue weighted by Crippen LogP contribution is 2.42. The molecule has 0 bridgehead atoms. The number of carbonyl (C=O) groups excluding carboxylic acids is 1. The van der Waals surface area contributed by atoms with Crippen LogP contribution in [0.15, 0.2) is 60.4 Å². The smallest absolute Gasteiger partial charge is 0.232 e. The Bertz CT molecular complexity index is 1310. The standard InChI is InChI=1S/C29H29ClN2O4/c1-3-35-23-9-7-20(8-10-23)16-26-28(34)27-19(2)15-25(33)24(29(27)36-26)18-31-11-13-32(14-12-31)22-6-4-5-21(30)17-22/h4-10,15-17,33H,3,11-14,18H2,1-2H3/b26-16-. The first-order valence-corrected chi connectivity index (χ1v) is 12.6. The van der Waals surface area contributed by atoms with Crippen molar-refractivity contribution in [1.82, 2.24) is 4.90 Å². The van der Waals surface area contributed by atoms with E-state index < -0.39 is 0 Å². The maximum atomic E-state index is 13.2. The molecule has 0 spiro atoms. The zero-order valence-electron chi connectivity index (χ0n) is 20.5. The summed E-state index contributed by atoms with van der Waals surface area (Å²) in [7, 11) is 0. The van der Waals surface area contributed by atoms with Crippen molar-refractivity contribution in [3.63, 3.8) is 0 Å². The minimum atomic E-state index is -0.164. The third-order valence-electron chi connectivity index (χ3n) is 6.64. The second kappa shape index (κ2) is 10.2.